The van der Waals surface area contributed by atoms with Gasteiger partial charge in [-0.3, -0.25) is 4.90 Å². The molecule has 3 nitrogen and oxygen atoms in total. The maximum Gasteiger partial charge on any atom is 0.263 e. The van der Waals surface area contributed by atoms with E-state index < -0.39 is 6.43 Å². The van der Waals surface area contributed by atoms with E-state index in [0.717, 1.165) is 18.5 Å². The van der Waals surface area contributed by atoms with Gasteiger partial charge in [0.05, 0.1) is 6.61 Å². The maximum atomic E-state index is 12.6. The first-order chi connectivity index (χ1) is 10.0. The van der Waals surface area contributed by atoms with Gasteiger partial charge in [0.15, 0.2) is 0 Å². The van der Waals surface area contributed by atoms with E-state index in [9.17, 15) is 8.78 Å². The Morgan fingerprint density at radius 1 is 1.19 bits per heavy atom. The first-order valence-corrected chi connectivity index (χ1v) is 7.37. The molecular formula is C16H26F2N2O. The Bertz CT molecular complexity index is 398. The van der Waals surface area contributed by atoms with Crippen molar-refractivity contribution >= 4 is 0 Å². The number of hydrogen-bond acceptors (Lipinski definition) is 3. The summed E-state index contributed by atoms with van der Waals surface area (Å²) < 4.78 is 30.4. The number of benzene rings is 1. The minimum Gasteiger partial charge on any atom is -0.383 e. The Morgan fingerprint density at radius 2 is 1.76 bits per heavy atom. The summed E-state index contributed by atoms with van der Waals surface area (Å²) in [5.41, 5.74) is 6.95. The van der Waals surface area contributed by atoms with Crippen molar-refractivity contribution in [2.75, 3.05) is 26.8 Å². The molecule has 2 atom stereocenters. The molecule has 1 aromatic carbocycles. The van der Waals surface area contributed by atoms with Crippen LogP contribution >= 0.6 is 0 Å². The predicted molar refractivity (Wildman–Crippen MR) is 81.5 cm³/mol. The van der Waals surface area contributed by atoms with Crippen molar-refractivity contribution in [2.45, 2.75) is 38.8 Å². The number of methoxy groups -OCH3 is 1. The summed E-state index contributed by atoms with van der Waals surface area (Å²) in [5.74, 6) is 0. The minimum atomic E-state index is -2.44. The second kappa shape index (κ2) is 9.07. The van der Waals surface area contributed by atoms with Crippen molar-refractivity contribution in [3.05, 3.63) is 35.4 Å². The molecule has 0 fully saturated rings. The smallest absolute Gasteiger partial charge is 0.263 e. The molecule has 2 N–H and O–H groups in total. The van der Waals surface area contributed by atoms with Gasteiger partial charge in [-0.2, -0.15) is 0 Å². The third kappa shape index (κ3) is 5.02. The lowest BCUT2D eigenvalue weighted by Gasteiger charge is -2.35. The molecule has 21 heavy (non-hydrogen) atoms. The molecule has 0 aromatic heterocycles. The number of hydrogen-bond donors (Lipinski definition) is 1. The number of nitrogens with two attached hydrogens (primary N) is 1. The van der Waals surface area contributed by atoms with Crippen LogP contribution in [0.15, 0.2) is 24.3 Å². The van der Waals surface area contributed by atoms with Crippen molar-refractivity contribution < 1.29 is 13.5 Å². The minimum absolute atomic E-state index is 0.0156. The zero-order valence-corrected chi connectivity index (χ0v) is 13.1. The molecule has 0 saturated heterocycles. The molecule has 0 aliphatic heterocycles. The van der Waals surface area contributed by atoms with E-state index in [1.807, 2.05) is 0 Å². The molecule has 120 valence electrons. The largest absolute Gasteiger partial charge is 0.383 e. The molecule has 1 aromatic rings. The van der Waals surface area contributed by atoms with E-state index in [1.165, 1.54) is 12.1 Å². The van der Waals surface area contributed by atoms with Crippen LogP contribution in [0.25, 0.3) is 0 Å². The fraction of sp³-hybridized carbons (Fsp3) is 0.625. The number of rotatable bonds is 9. The third-order valence-corrected chi connectivity index (χ3v) is 3.91. The van der Waals surface area contributed by atoms with Crippen molar-refractivity contribution in [3.8, 4) is 0 Å². The van der Waals surface area contributed by atoms with Crippen molar-refractivity contribution in [2.24, 2.45) is 5.73 Å². The zero-order chi connectivity index (χ0) is 15.8. The van der Waals surface area contributed by atoms with Gasteiger partial charge in [-0.05, 0) is 18.9 Å². The molecule has 0 saturated carbocycles. The van der Waals surface area contributed by atoms with Crippen molar-refractivity contribution in [3.63, 3.8) is 0 Å². The summed E-state index contributed by atoms with van der Waals surface area (Å²) in [4.78, 5) is 2.28. The van der Waals surface area contributed by atoms with Crippen LogP contribution in [0.2, 0.25) is 0 Å². The number of halogens is 2. The van der Waals surface area contributed by atoms with Crippen LogP contribution in [0.3, 0.4) is 0 Å². The molecule has 2 unspecified atom stereocenters. The summed E-state index contributed by atoms with van der Waals surface area (Å²) in [6, 6.07) is 6.83. The Labute approximate surface area is 126 Å². The lowest BCUT2D eigenvalue weighted by molar-refractivity contribution is 0.0902. The van der Waals surface area contributed by atoms with E-state index >= 15 is 0 Å². The van der Waals surface area contributed by atoms with Gasteiger partial charge in [0, 0.05) is 37.8 Å². The monoisotopic (exact) mass is 300 g/mol. The van der Waals surface area contributed by atoms with Crippen LogP contribution in [0.4, 0.5) is 8.78 Å². The average Bonchev–Trinajstić information content (AvgIpc) is 2.50. The summed E-state index contributed by atoms with van der Waals surface area (Å²) >= 11 is 0. The molecular weight excluding hydrogens is 274 g/mol. The fourth-order valence-corrected chi connectivity index (χ4v) is 2.44. The van der Waals surface area contributed by atoms with E-state index in [2.05, 4.69) is 18.7 Å². The highest BCUT2D eigenvalue weighted by Crippen LogP contribution is 2.26. The van der Waals surface area contributed by atoms with Crippen LogP contribution in [-0.2, 0) is 4.74 Å². The summed E-state index contributed by atoms with van der Waals surface area (Å²) in [6.07, 6.45) is -1.44. The number of alkyl halides is 2. The van der Waals surface area contributed by atoms with Crippen LogP contribution in [-0.4, -0.2) is 37.7 Å². The van der Waals surface area contributed by atoms with Crippen molar-refractivity contribution in [1.82, 2.24) is 4.90 Å². The van der Waals surface area contributed by atoms with Gasteiger partial charge in [0.2, 0.25) is 0 Å². The van der Waals surface area contributed by atoms with E-state index in [0.29, 0.717) is 19.2 Å². The maximum absolute atomic E-state index is 12.6. The highest BCUT2D eigenvalue weighted by molar-refractivity contribution is 5.26. The number of ether oxygens (including phenoxy) is 1. The van der Waals surface area contributed by atoms with Crippen LogP contribution in [0.1, 0.15) is 43.9 Å². The van der Waals surface area contributed by atoms with Crippen LogP contribution < -0.4 is 5.73 Å². The summed E-state index contributed by atoms with van der Waals surface area (Å²) in [5, 5.41) is 0. The normalized spacial score (nSPS) is 14.7. The topological polar surface area (TPSA) is 38.5 Å². The molecule has 5 heteroatoms. The van der Waals surface area contributed by atoms with E-state index in [-0.39, 0.29) is 11.6 Å². The fourth-order valence-electron chi connectivity index (χ4n) is 2.44. The van der Waals surface area contributed by atoms with Gasteiger partial charge in [0.1, 0.15) is 0 Å². The predicted octanol–water partition coefficient (Wildman–Crippen LogP) is 3.37. The summed E-state index contributed by atoms with van der Waals surface area (Å²) in [6.45, 7) is 6.10. The average molecular weight is 300 g/mol. The van der Waals surface area contributed by atoms with E-state index in [4.69, 9.17) is 10.5 Å². The molecule has 0 aliphatic rings. The molecule has 1 rings (SSSR count). The van der Waals surface area contributed by atoms with Gasteiger partial charge in [-0.25, -0.2) is 8.78 Å². The van der Waals surface area contributed by atoms with Gasteiger partial charge in [0.25, 0.3) is 6.43 Å². The quantitative estimate of drug-likeness (QED) is 0.760. The van der Waals surface area contributed by atoms with Crippen molar-refractivity contribution in [1.29, 1.82) is 0 Å². The Hall–Kier alpha value is -1.04. The Balaban J connectivity index is 2.95. The van der Waals surface area contributed by atoms with E-state index in [1.54, 1.807) is 19.2 Å². The van der Waals surface area contributed by atoms with Gasteiger partial charge in [-0.1, -0.05) is 31.2 Å². The zero-order valence-electron chi connectivity index (χ0n) is 13.1. The highest BCUT2D eigenvalue weighted by atomic mass is 19.3. The molecule has 0 radical (unpaired) electrons. The summed E-state index contributed by atoms with van der Waals surface area (Å²) in [7, 11) is 1.67. The molecule has 0 aliphatic carbocycles. The Morgan fingerprint density at radius 3 is 2.19 bits per heavy atom. The molecule has 0 bridgehead atoms. The third-order valence-electron chi connectivity index (χ3n) is 3.91. The Kier molecular flexibility index (Phi) is 7.78. The van der Waals surface area contributed by atoms with Crippen LogP contribution in [0.5, 0.6) is 0 Å². The lowest BCUT2D eigenvalue weighted by atomic mass is 10.0. The second-order valence-electron chi connectivity index (χ2n) is 5.21. The lowest BCUT2D eigenvalue weighted by Crippen LogP contribution is -2.41. The number of nitrogens with zero attached hydrogens (tertiary/aromatic N) is 1. The van der Waals surface area contributed by atoms with Gasteiger partial charge in [-0.15, -0.1) is 0 Å². The second-order valence-corrected chi connectivity index (χ2v) is 5.21. The standard InChI is InChI=1S/C16H26F2N2O/c1-4-12(2)20(9-10-21-3)15(11-19)13-5-7-14(8-6-13)16(17)18/h5-8,12,15-16H,4,9-11,19H2,1-3H3. The highest BCUT2D eigenvalue weighted by Gasteiger charge is 2.23. The molecule has 0 amide bonds. The molecule has 0 spiro atoms. The van der Waals surface area contributed by atoms with Gasteiger partial charge < -0.3 is 10.5 Å². The van der Waals surface area contributed by atoms with Gasteiger partial charge >= 0.3 is 0 Å². The first kappa shape index (κ1) is 18.0. The SMILES string of the molecule is CCC(C)N(CCOC)C(CN)c1ccc(C(F)F)cc1. The van der Waals surface area contributed by atoms with Crippen LogP contribution in [0, 0.1) is 0 Å². The molecule has 0 heterocycles. The first-order valence-electron chi connectivity index (χ1n) is 7.37.